The van der Waals surface area contributed by atoms with Crippen LogP contribution in [0.3, 0.4) is 0 Å². The van der Waals surface area contributed by atoms with Gasteiger partial charge >= 0.3 is 0 Å². The number of rotatable bonds is 7. The third-order valence-corrected chi connectivity index (χ3v) is 6.63. The summed E-state index contributed by atoms with van der Waals surface area (Å²) in [6, 6.07) is 5.91. The lowest BCUT2D eigenvalue weighted by Gasteiger charge is -2.19. The van der Waals surface area contributed by atoms with Gasteiger partial charge in [0.25, 0.3) is 5.91 Å². The Balaban J connectivity index is 1.63. The first-order chi connectivity index (χ1) is 15.2. The zero-order valence-corrected chi connectivity index (χ0v) is 18.7. The van der Waals surface area contributed by atoms with Gasteiger partial charge in [0.2, 0.25) is 5.88 Å². The van der Waals surface area contributed by atoms with E-state index >= 15 is 0 Å². The number of aromatic hydroxyl groups is 1. The molecule has 2 aliphatic carbocycles. The van der Waals surface area contributed by atoms with Crippen LogP contribution in [0.1, 0.15) is 52.7 Å². The highest BCUT2D eigenvalue weighted by molar-refractivity contribution is 6.11. The normalized spacial score (nSPS) is 17.0. The number of fused-ring (bicyclic) bond motifs is 1. The van der Waals surface area contributed by atoms with E-state index in [2.05, 4.69) is 5.32 Å². The number of carbonyl (C=O) groups is 1. The van der Waals surface area contributed by atoms with Gasteiger partial charge in [0.05, 0.1) is 16.8 Å². The van der Waals surface area contributed by atoms with E-state index in [0.29, 0.717) is 40.8 Å². The number of pyridine rings is 1. The van der Waals surface area contributed by atoms with Crippen molar-refractivity contribution in [2.45, 2.75) is 58.0 Å². The number of hydrogen-bond donors (Lipinski definition) is 4. The smallest absolute Gasteiger partial charge is 0.253 e. The van der Waals surface area contributed by atoms with Crippen molar-refractivity contribution in [3.05, 3.63) is 40.5 Å². The average Bonchev–Trinajstić information content (AvgIpc) is 3.66. The highest BCUT2D eigenvalue weighted by atomic mass is 16.5. The van der Waals surface area contributed by atoms with Gasteiger partial charge in [0, 0.05) is 22.6 Å². The number of aryl methyl sites for hydroxylation is 2. The molecular weight excluding hydrogens is 406 g/mol. The number of primary amides is 1. The van der Waals surface area contributed by atoms with Crippen molar-refractivity contribution in [1.82, 2.24) is 14.9 Å². The molecule has 2 saturated carbocycles. The second-order valence-electron chi connectivity index (χ2n) is 9.30. The van der Waals surface area contributed by atoms with Gasteiger partial charge in [-0.3, -0.25) is 9.36 Å². The zero-order valence-electron chi connectivity index (χ0n) is 18.7. The summed E-state index contributed by atoms with van der Waals surface area (Å²) in [6.07, 6.45) is 4.66. The molecule has 8 heteroatoms. The summed E-state index contributed by atoms with van der Waals surface area (Å²) in [5.41, 5.74) is 15.9. The van der Waals surface area contributed by atoms with Crippen LogP contribution in [0.15, 0.2) is 18.2 Å². The first-order valence-corrected chi connectivity index (χ1v) is 11.0. The Labute approximate surface area is 186 Å². The standard InChI is InChI=1S/C24H29N5O3/c1-12-4-7-17(30)14(3)19(12)29-20(25)18(21(26)31)16-10-13(2)23(27-22(16)29)32-11-24(8-9-24)28-15-5-6-15/h4,7,10,15,28,30H,5-6,8-9,11,25H2,1-3H3,(H2,26,31). The number of nitrogens with one attached hydrogen (secondary N) is 1. The number of amides is 1. The lowest BCUT2D eigenvalue weighted by Crippen LogP contribution is -2.38. The minimum atomic E-state index is -0.623. The van der Waals surface area contributed by atoms with Gasteiger partial charge in [-0.05, 0) is 64.2 Å². The fourth-order valence-electron chi connectivity index (χ4n) is 4.45. The Kier molecular flexibility index (Phi) is 4.60. The Bertz CT molecular complexity index is 1250. The predicted octanol–water partition coefficient (Wildman–Crippen LogP) is 3.00. The molecule has 32 heavy (non-hydrogen) atoms. The fourth-order valence-corrected chi connectivity index (χ4v) is 4.45. The summed E-state index contributed by atoms with van der Waals surface area (Å²) in [4.78, 5) is 17.1. The fraction of sp³-hybridized carbons (Fsp3) is 0.417. The van der Waals surface area contributed by atoms with Crippen LogP contribution < -0.4 is 21.5 Å². The van der Waals surface area contributed by atoms with Crippen molar-refractivity contribution >= 4 is 22.8 Å². The molecule has 0 bridgehead atoms. The Morgan fingerprint density at radius 1 is 1.28 bits per heavy atom. The Hall–Kier alpha value is -3.26. The molecule has 2 aromatic heterocycles. The summed E-state index contributed by atoms with van der Waals surface area (Å²) < 4.78 is 7.89. The highest BCUT2D eigenvalue weighted by Crippen LogP contribution is 2.41. The van der Waals surface area contributed by atoms with Crippen LogP contribution in [0.4, 0.5) is 5.82 Å². The second kappa shape index (κ2) is 7.13. The number of phenolic OH excluding ortho intramolecular Hbond substituents is 1. The molecule has 0 atom stereocenters. The minimum absolute atomic E-state index is 0.0437. The van der Waals surface area contributed by atoms with Gasteiger partial charge in [-0.2, -0.15) is 4.98 Å². The predicted molar refractivity (Wildman–Crippen MR) is 123 cm³/mol. The third-order valence-electron chi connectivity index (χ3n) is 6.63. The van der Waals surface area contributed by atoms with Crippen LogP contribution in [0, 0.1) is 20.8 Å². The monoisotopic (exact) mass is 435 g/mol. The van der Waals surface area contributed by atoms with Gasteiger partial charge in [-0.25, -0.2) is 0 Å². The van der Waals surface area contributed by atoms with Gasteiger partial charge < -0.3 is 26.6 Å². The third kappa shape index (κ3) is 3.35. The van der Waals surface area contributed by atoms with E-state index in [1.807, 2.05) is 19.9 Å². The highest BCUT2D eigenvalue weighted by Gasteiger charge is 2.46. The van der Waals surface area contributed by atoms with Gasteiger partial charge in [-0.15, -0.1) is 0 Å². The Morgan fingerprint density at radius 2 is 2.00 bits per heavy atom. The average molecular weight is 436 g/mol. The summed E-state index contributed by atoms with van der Waals surface area (Å²) in [7, 11) is 0. The molecule has 8 nitrogen and oxygen atoms in total. The molecule has 0 aliphatic heterocycles. The molecular formula is C24H29N5O3. The number of aromatic nitrogens is 2. The van der Waals surface area contributed by atoms with Crippen molar-refractivity contribution in [2.75, 3.05) is 12.3 Å². The first-order valence-electron chi connectivity index (χ1n) is 11.0. The maximum atomic E-state index is 12.3. The molecule has 2 fully saturated rings. The summed E-state index contributed by atoms with van der Waals surface area (Å²) in [6.45, 7) is 6.17. The van der Waals surface area contributed by atoms with Crippen molar-refractivity contribution < 1.29 is 14.6 Å². The zero-order chi connectivity index (χ0) is 22.8. The molecule has 2 aliphatic rings. The number of benzene rings is 1. The number of carbonyl (C=O) groups excluding carboxylic acids is 1. The number of hydrogen-bond acceptors (Lipinski definition) is 6. The van der Waals surface area contributed by atoms with E-state index in [1.165, 1.54) is 12.8 Å². The largest absolute Gasteiger partial charge is 0.508 e. The molecule has 1 aromatic carbocycles. The van der Waals surface area contributed by atoms with Crippen molar-refractivity contribution in [3.63, 3.8) is 0 Å². The van der Waals surface area contributed by atoms with Crippen molar-refractivity contribution in [2.24, 2.45) is 5.73 Å². The molecule has 0 spiro atoms. The maximum Gasteiger partial charge on any atom is 0.253 e. The molecule has 1 amide bonds. The van der Waals surface area contributed by atoms with E-state index < -0.39 is 5.91 Å². The number of phenols is 1. The number of nitrogens with two attached hydrogens (primary N) is 2. The van der Waals surface area contributed by atoms with Crippen LogP contribution in [0.5, 0.6) is 11.6 Å². The lowest BCUT2D eigenvalue weighted by atomic mass is 10.1. The quantitative estimate of drug-likeness (QED) is 0.452. The number of ether oxygens (including phenoxy) is 1. The minimum Gasteiger partial charge on any atom is -0.508 e. The van der Waals surface area contributed by atoms with Crippen LogP contribution in [0.25, 0.3) is 16.7 Å². The SMILES string of the molecule is Cc1cc2c(C(N)=O)c(N)n(-c3c(C)ccc(O)c3C)c2nc1OCC1(NC2CC2)CC1. The van der Waals surface area contributed by atoms with Crippen LogP contribution in [-0.2, 0) is 0 Å². The first kappa shape index (κ1) is 20.6. The van der Waals surface area contributed by atoms with Gasteiger partial charge in [0.15, 0.2) is 5.65 Å². The van der Waals surface area contributed by atoms with Crippen molar-refractivity contribution in [3.8, 4) is 17.3 Å². The number of nitrogens with zero attached hydrogens (tertiary/aromatic N) is 2. The summed E-state index contributed by atoms with van der Waals surface area (Å²) in [5.74, 6) is 0.217. The van der Waals surface area contributed by atoms with E-state index in [9.17, 15) is 9.90 Å². The second-order valence-corrected chi connectivity index (χ2v) is 9.30. The van der Waals surface area contributed by atoms with Crippen molar-refractivity contribution in [1.29, 1.82) is 0 Å². The molecule has 0 unspecified atom stereocenters. The molecule has 3 aromatic rings. The van der Waals surface area contributed by atoms with Gasteiger partial charge in [0.1, 0.15) is 18.2 Å². The molecule has 0 radical (unpaired) electrons. The van der Waals surface area contributed by atoms with E-state index in [4.69, 9.17) is 21.2 Å². The van der Waals surface area contributed by atoms with E-state index in [1.54, 1.807) is 23.6 Å². The van der Waals surface area contributed by atoms with Crippen LogP contribution in [0.2, 0.25) is 0 Å². The summed E-state index contributed by atoms with van der Waals surface area (Å²) >= 11 is 0. The van der Waals surface area contributed by atoms with Crippen LogP contribution in [-0.4, -0.2) is 38.8 Å². The summed E-state index contributed by atoms with van der Waals surface area (Å²) in [5, 5.41) is 14.6. The topological polar surface area (TPSA) is 128 Å². The van der Waals surface area contributed by atoms with Gasteiger partial charge in [-0.1, -0.05) is 6.07 Å². The molecule has 5 rings (SSSR count). The molecule has 2 heterocycles. The molecule has 6 N–H and O–H groups in total. The molecule has 168 valence electrons. The lowest BCUT2D eigenvalue weighted by molar-refractivity contribution is 0.100. The molecule has 0 saturated heterocycles. The Morgan fingerprint density at radius 3 is 2.62 bits per heavy atom. The maximum absolute atomic E-state index is 12.3. The number of nitrogen functional groups attached to an aromatic ring is 1. The van der Waals surface area contributed by atoms with Crippen LogP contribution >= 0.6 is 0 Å². The van der Waals surface area contributed by atoms with E-state index in [0.717, 1.165) is 24.0 Å². The van der Waals surface area contributed by atoms with E-state index in [-0.39, 0.29) is 22.7 Å². The number of anilines is 1.